The fourth-order valence-corrected chi connectivity index (χ4v) is 2.82. The second-order valence-corrected chi connectivity index (χ2v) is 6.58. The Morgan fingerprint density at radius 1 is 1.24 bits per heavy atom. The van der Waals surface area contributed by atoms with Crippen molar-refractivity contribution in [3.05, 3.63) is 58.5 Å². The first-order chi connectivity index (χ1) is 11.9. The Morgan fingerprint density at radius 2 is 2.00 bits per heavy atom. The summed E-state index contributed by atoms with van der Waals surface area (Å²) in [7, 11) is 1.89. The van der Waals surface area contributed by atoms with Crippen LogP contribution in [0.2, 0.25) is 5.02 Å². The van der Waals surface area contributed by atoms with Gasteiger partial charge in [0.15, 0.2) is 10.9 Å². The van der Waals surface area contributed by atoms with Gasteiger partial charge in [0.25, 0.3) is 0 Å². The minimum Gasteiger partial charge on any atom is -0.330 e. The molecular weight excluding hydrogens is 356 g/mol. The van der Waals surface area contributed by atoms with E-state index in [0.717, 1.165) is 27.7 Å². The minimum absolute atomic E-state index is 0.471. The number of thiocarbonyl (C=S) groups is 1. The Balaban J connectivity index is 1.69. The van der Waals surface area contributed by atoms with E-state index in [-0.39, 0.29) is 0 Å². The highest BCUT2D eigenvalue weighted by Gasteiger charge is 2.10. The van der Waals surface area contributed by atoms with Gasteiger partial charge < -0.3 is 10.6 Å². The van der Waals surface area contributed by atoms with Crippen LogP contribution in [0.25, 0.3) is 0 Å². The van der Waals surface area contributed by atoms with Crippen molar-refractivity contribution < 1.29 is 0 Å². The number of nitrogens with one attached hydrogen (secondary N) is 2. The molecular formula is C17H19ClN6S. The largest absolute Gasteiger partial charge is 0.330 e. The summed E-state index contributed by atoms with van der Waals surface area (Å²) in [5, 5.41) is 16.2. The second-order valence-electron chi connectivity index (χ2n) is 5.77. The van der Waals surface area contributed by atoms with E-state index < -0.39 is 0 Å². The van der Waals surface area contributed by atoms with Gasteiger partial charge in [0.2, 0.25) is 0 Å². The van der Waals surface area contributed by atoms with Crippen LogP contribution in [-0.2, 0) is 13.6 Å². The highest BCUT2D eigenvalue weighted by molar-refractivity contribution is 7.80. The first-order valence-electron chi connectivity index (χ1n) is 7.78. The maximum absolute atomic E-state index is 6.23. The van der Waals surface area contributed by atoms with E-state index in [0.29, 0.717) is 17.5 Å². The van der Waals surface area contributed by atoms with Gasteiger partial charge in [-0.3, -0.25) is 9.36 Å². The normalized spacial score (nSPS) is 10.7. The van der Waals surface area contributed by atoms with Gasteiger partial charge in [-0.25, -0.2) is 0 Å². The predicted molar refractivity (Wildman–Crippen MR) is 105 cm³/mol. The zero-order valence-corrected chi connectivity index (χ0v) is 15.8. The molecule has 0 unspecified atom stereocenters. The number of nitrogens with zero attached hydrogens (tertiary/aromatic N) is 4. The third-order valence-electron chi connectivity index (χ3n) is 3.98. The average Bonchev–Trinajstić information content (AvgIpc) is 3.06. The van der Waals surface area contributed by atoms with Crippen molar-refractivity contribution in [1.82, 2.24) is 19.6 Å². The number of aryl methyl sites for hydroxylation is 2. The van der Waals surface area contributed by atoms with Crippen LogP contribution in [0.15, 0.2) is 36.5 Å². The number of hydrogen-bond donors (Lipinski definition) is 2. The van der Waals surface area contributed by atoms with Crippen molar-refractivity contribution in [3.63, 3.8) is 0 Å². The number of hydrogen-bond acceptors (Lipinski definition) is 3. The molecule has 0 aliphatic carbocycles. The molecule has 0 aliphatic rings. The van der Waals surface area contributed by atoms with E-state index in [2.05, 4.69) is 20.8 Å². The van der Waals surface area contributed by atoms with Gasteiger partial charge in [-0.1, -0.05) is 29.8 Å². The maximum Gasteiger partial charge on any atom is 0.176 e. The molecule has 0 atom stereocenters. The lowest BCUT2D eigenvalue weighted by atomic mass is 10.2. The molecule has 3 aromatic rings. The summed E-state index contributed by atoms with van der Waals surface area (Å²) in [6.07, 6.45) is 1.74. The molecule has 0 saturated heterocycles. The molecule has 0 amide bonds. The summed E-state index contributed by atoms with van der Waals surface area (Å²) in [5.41, 5.74) is 3.91. The molecule has 2 heterocycles. The van der Waals surface area contributed by atoms with Crippen LogP contribution in [0.3, 0.4) is 0 Å². The number of aromatic nitrogens is 4. The van der Waals surface area contributed by atoms with Crippen LogP contribution in [0.1, 0.15) is 17.0 Å². The summed E-state index contributed by atoms with van der Waals surface area (Å²) < 4.78 is 3.68. The Bertz CT molecular complexity index is 914. The smallest absolute Gasteiger partial charge is 0.176 e. The summed E-state index contributed by atoms with van der Waals surface area (Å²) in [6, 6.07) is 9.70. The van der Waals surface area contributed by atoms with Gasteiger partial charge in [-0.05, 0) is 37.7 Å². The molecule has 0 bridgehead atoms. The zero-order valence-electron chi connectivity index (χ0n) is 14.2. The van der Waals surface area contributed by atoms with Crippen molar-refractivity contribution in [3.8, 4) is 0 Å². The molecule has 2 N–H and O–H groups in total. The predicted octanol–water partition coefficient (Wildman–Crippen LogP) is 3.74. The summed E-state index contributed by atoms with van der Waals surface area (Å²) in [4.78, 5) is 0. The van der Waals surface area contributed by atoms with Crippen molar-refractivity contribution in [1.29, 1.82) is 0 Å². The molecule has 0 spiro atoms. The fraction of sp³-hybridized carbons (Fsp3) is 0.235. The number of anilines is 2. The summed E-state index contributed by atoms with van der Waals surface area (Å²) >= 11 is 11.6. The lowest BCUT2D eigenvalue weighted by Crippen LogP contribution is -2.20. The van der Waals surface area contributed by atoms with Crippen molar-refractivity contribution in [2.24, 2.45) is 7.05 Å². The Labute approximate surface area is 156 Å². The number of rotatable bonds is 4. The molecule has 2 aromatic heterocycles. The molecule has 1 aromatic carbocycles. The molecule has 6 nitrogen and oxygen atoms in total. The lowest BCUT2D eigenvalue weighted by molar-refractivity contribution is 0.668. The molecule has 0 saturated carbocycles. The van der Waals surface area contributed by atoms with Gasteiger partial charge in [0.05, 0.1) is 24.1 Å². The van der Waals surface area contributed by atoms with Gasteiger partial charge in [-0.2, -0.15) is 10.2 Å². The van der Waals surface area contributed by atoms with E-state index in [4.69, 9.17) is 23.8 Å². The monoisotopic (exact) mass is 374 g/mol. The zero-order chi connectivity index (χ0) is 18.0. The molecule has 0 fully saturated rings. The van der Waals surface area contributed by atoms with Crippen LogP contribution >= 0.6 is 23.8 Å². The van der Waals surface area contributed by atoms with Crippen LogP contribution < -0.4 is 10.6 Å². The average molecular weight is 375 g/mol. The van der Waals surface area contributed by atoms with Gasteiger partial charge in [0.1, 0.15) is 0 Å². The first kappa shape index (κ1) is 17.4. The third kappa shape index (κ3) is 4.00. The van der Waals surface area contributed by atoms with E-state index in [9.17, 15) is 0 Å². The standard InChI is InChI=1S/C17H19ClN6S/c1-11-8-16(21-17(25)20-15-9-19-23(3)12(15)2)22-24(11)10-13-6-4-5-7-14(13)18/h4-9H,10H2,1-3H3,(H2,20,21,22,25). The van der Waals surface area contributed by atoms with Crippen molar-refractivity contribution in [2.75, 3.05) is 10.6 Å². The van der Waals surface area contributed by atoms with E-state index in [1.807, 2.05) is 55.9 Å². The quantitative estimate of drug-likeness (QED) is 0.681. The van der Waals surface area contributed by atoms with Crippen molar-refractivity contribution >= 4 is 40.4 Å². The van der Waals surface area contributed by atoms with Gasteiger partial charge >= 0.3 is 0 Å². The molecule has 0 radical (unpaired) electrons. The second kappa shape index (κ2) is 7.25. The molecule has 3 rings (SSSR count). The lowest BCUT2D eigenvalue weighted by Gasteiger charge is -2.08. The first-order valence-corrected chi connectivity index (χ1v) is 8.57. The fourth-order valence-electron chi connectivity index (χ4n) is 2.41. The molecule has 0 aliphatic heterocycles. The van der Waals surface area contributed by atoms with Crippen LogP contribution in [0.4, 0.5) is 11.5 Å². The Kier molecular flexibility index (Phi) is 5.06. The van der Waals surface area contributed by atoms with Gasteiger partial charge in [-0.15, -0.1) is 0 Å². The summed E-state index contributed by atoms with van der Waals surface area (Å²) in [6.45, 7) is 4.58. The Morgan fingerprint density at radius 3 is 2.68 bits per heavy atom. The molecule has 8 heteroatoms. The topological polar surface area (TPSA) is 59.7 Å². The van der Waals surface area contributed by atoms with Crippen LogP contribution in [0.5, 0.6) is 0 Å². The SMILES string of the molecule is Cc1c(NC(=S)Nc2cc(C)n(Cc3ccccc3Cl)n2)cnn1C. The molecule has 25 heavy (non-hydrogen) atoms. The minimum atomic E-state index is 0.471. The van der Waals surface area contributed by atoms with Crippen molar-refractivity contribution in [2.45, 2.75) is 20.4 Å². The molecule has 130 valence electrons. The number of halogens is 1. The number of benzene rings is 1. The van der Waals surface area contributed by atoms with Crippen LogP contribution in [-0.4, -0.2) is 24.7 Å². The Hall–Kier alpha value is -2.38. The van der Waals surface area contributed by atoms with E-state index >= 15 is 0 Å². The van der Waals surface area contributed by atoms with E-state index in [1.54, 1.807) is 10.9 Å². The van der Waals surface area contributed by atoms with Gasteiger partial charge in [0, 0.05) is 23.8 Å². The maximum atomic E-state index is 6.23. The highest BCUT2D eigenvalue weighted by Crippen LogP contribution is 2.18. The third-order valence-corrected chi connectivity index (χ3v) is 4.56. The van der Waals surface area contributed by atoms with E-state index in [1.165, 1.54) is 0 Å². The highest BCUT2D eigenvalue weighted by atomic mass is 35.5. The van der Waals surface area contributed by atoms with Crippen LogP contribution in [0, 0.1) is 13.8 Å². The summed E-state index contributed by atoms with van der Waals surface area (Å²) in [5.74, 6) is 0.684.